The summed E-state index contributed by atoms with van der Waals surface area (Å²) in [6.45, 7) is 2.11. The van der Waals surface area contributed by atoms with Crippen molar-refractivity contribution >= 4 is 49.8 Å². The number of aliphatic imine (C=N–C) groups is 1. The maximum atomic E-state index is 5.12. The van der Waals surface area contributed by atoms with Crippen LogP contribution >= 0.6 is 0 Å². The molecule has 270 valence electrons. The van der Waals surface area contributed by atoms with Gasteiger partial charge in [-0.3, -0.25) is 4.99 Å². The molecule has 0 radical (unpaired) electrons. The normalized spacial score (nSPS) is 20.3. The van der Waals surface area contributed by atoms with Crippen LogP contribution in [0.5, 0.6) is 0 Å². The second-order valence-corrected chi connectivity index (χ2v) is 15.4. The molecule has 0 fully saturated rings. The van der Waals surface area contributed by atoms with Crippen molar-refractivity contribution in [3.05, 3.63) is 227 Å². The van der Waals surface area contributed by atoms with Crippen LogP contribution < -0.4 is 5.32 Å². The van der Waals surface area contributed by atoms with E-state index in [-0.39, 0.29) is 17.9 Å². The number of para-hydroxylation sites is 2. The molecule has 0 spiro atoms. The Morgan fingerprint density at radius 2 is 1.39 bits per heavy atom. The highest BCUT2D eigenvalue weighted by Gasteiger charge is 2.38. The number of anilines is 1. The summed E-state index contributed by atoms with van der Waals surface area (Å²) in [7, 11) is 0. The van der Waals surface area contributed by atoms with Crippen molar-refractivity contribution in [2.24, 2.45) is 10.9 Å². The molecule has 0 saturated heterocycles. The molecule has 2 heteroatoms. The van der Waals surface area contributed by atoms with Gasteiger partial charge in [-0.1, -0.05) is 176 Å². The second kappa shape index (κ2) is 14.6. The van der Waals surface area contributed by atoms with Crippen molar-refractivity contribution < 1.29 is 0 Å². The van der Waals surface area contributed by atoms with Crippen molar-refractivity contribution in [2.45, 2.75) is 38.1 Å². The lowest BCUT2D eigenvalue weighted by molar-refractivity contribution is 0.610. The predicted molar refractivity (Wildman–Crippen MR) is 239 cm³/mol. The van der Waals surface area contributed by atoms with E-state index in [0.717, 1.165) is 41.9 Å². The molecular formula is C54H44N2. The number of nitrogens with one attached hydrogen (secondary N) is 1. The second-order valence-electron chi connectivity index (χ2n) is 15.4. The Morgan fingerprint density at radius 1 is 0.661 bits per heavy atom. The Balaban J connectivity index is 1.04. The molecule has 3 unspecified atom stereocenters. The third-order valence-corrected chi connectivity index (χ3v) is 12.0. The number of rotatable bonds is 7. The predicted octanol–water partition coefficient (Wildman–Crippen LogP) is 13.9. The maximum absolute atomic E-state index is 5.12. The van der Waals surface area contributed by atoms with Crippen LogP contribution in [0.15, 0.2) is 210 Å². The molecule has 0 bridgehead atoms. The van der Waals surface area contributed by atoms with Crippen molar-refractivity contribution in [3.8, 4) is 0 Å². The third-order valence-electron chi connectivity index (χ3n) is 12.0. The fourth-order valence-corrected chi connectivity index (χ4v) is 9.17. The molecule has 2 nitrogen and oxygen atoms in total. The van der Waals surface area contributed by atoms with Crippen molar-refractivity contribution in [3.63, 3.8) is 0 Å². The number of benzene rings is 6. The third kappa shape index (κ3) is 6.42. The summed E-state index contributed by atoms with van der Waals surface area (Å²) in [5.41, 5.74) is 15.1. The first-order valence-corrected chi connectivity index (χ1v) is 20.0. The zero-order chi connectivity index (χ0) is 37.4. The first-order valence-electron chi connectivity index (χ1n) is 20.0. The lowest BCUT2D eigenvalue weighted by Crippen LogP contribution is -2.25. The average molecular weight is 721 g/mol. The number of allylic oxidation sites excluding steroid dienone is 12. The quantitative estimate of drug-likeness (QED) is 0.163. The Morgan fingerprint density at radius 3 is 2.20 bits per heavy atom. The summed E-state index contributed by atoms with van der Waals surface area (Å²) in [5.74, 6) is 0.450. The fourth-order valence-electron chi connectivity index (χ4n) is 9.17. The zero-order valence-electron chi connectivity index (χ0n) is 31.7. The maximum Gasteiger partial charge on any atom is 0.0864 e. The number of fused-ring (bicyclic) bond motifs is 3. The lowest BCUT2D eigenvalue weighted by Gasteiger charge is -2.40. The number of hydrogen-bond acceptors (Lipinski definition) is 2. The van der Waals surface area contributed by atoms with Crippen LogP contribution in [-0.4, -0.2) is 11.8 Å². The van der Waals surface area contributed by atoms with Crippen molar-refractivity contribution in [2.75, 3.05) is 5.32 Å². The summed E-state index contributed by atoms with van der Waals surface area (Å²) in [6, 6.07) is 49.3. The summed E-state index contributed by atoms with van der Waals surface area (Å²) >= 11 is 0. The topological polar surface area (TPSA) is 24.4 Å². The minimum Gasteiger partial charge on any atom is -0.377 e. The van der Waals surface area contributed by atoms with E-state index in [2.05, 4.69) is 200 Å². The van der Waals surface area contributed by atoms with Gasteiger partial charge in [0, 0.05) is 23.6 Å². The monoisotopic (exact) mass is 720 g/mol. The molecule has 1 N–H and O–H groups in total. The van der Waals surface area contributed by atoms with Crippen molar-refractivity contribution in [1.29, 1.82) is 0 Å². The molecule has 0 amide bonds. The molecule has 0 heterocycles. The van der Waals surface area contributed by atoms with Crippen LogP contribution in [0.1, 0.15) is 54.4 Å². The van der Waals surface area contributed by atoms with Gasteiger partial charge in [-0.05, 0) is 110 Å². The van der Waals surface area contributed by atoms with Gasteiger partial charge in [-0.15, -0.1) is 0 Å². The van der Waals surface area contributed by atoms with Gasteiger partial charge in [-0.25, -0.2) is 0 Å². The number of nitrogens with zero attached hydrogens (tertiary/aromatic N) is 1. The van der Waals surface area contributed by atoms with E-state index in [9.17, 15) is 0 Å². The molecule has 0 aromatic heterocycles. The van der Waals surface area contributed by atoms with Gasteiger partial charge in [0.1, 0.15) is 0 Å². The minimum absolute atomic E-state index is 0.198. The van der Waals surface area contributed by atoms with E-state index in [4.69, 9.17) is 4.99 Å². The number of hydrogen-bond donors (Lipinski definition) is 1. The molecule has 4 aliphatic rings. The van der Waals surface area contributed by atoms with E-state index >= 15 is 0 Å². The summed E-state index contributed by atoms with van der Waals surface area (Å²) in [4.78, 5) is 5.12. The average Bonchev–Trinajstić information content (AvgIpc) is 3.26. The van der Waals surface area contributed by atoms with Gasteiger partial charge in [0.15, 0.2) is 0 Å². The Hall–Kier alpha value is -6.51. The summed E-state index contributed by atoms with van der Waals surface area (Å²) < 4.78 is 0. The first kappa shape index (κ1) is 34.0. The van der Waals surface area contributed by atoms with Crippen LogP contribution in [0.2, 0.25) is 0 Å². The smallest absolute Gasteiger partial charge is 0.0864 e. The molecule has 6 aromatic carbocycles. The van der Waals surface area contributed by atoms with Crippen LogP contribution in [0.4, 0.5) is 11.4 Å². The minimum atomic E-state index is 0.198. The van der Waals surface area contributed by atoms with E-state index in [1.165, 1.54) is 60.5 Å². The molecule has 0 saturated carbocycles. The van der Waals surface area contributed by atoms with Crippen LogP contribution in [0.3, 0.4) is 0 Å². The Kier molecular flexibility index (Phi) is 8.88. The van der Waals surface area contributed by atoms with Gasteiger partial charge in [0.2, 0.25) is 0 Å². The first-order chi connectivity index (χ1) is 27.7. The molecule has 4 aliphatic carbocycles. The zero-order valence-corrected chi connectivity index (χ0v) is 31.7. The van der Waals surface area contributed by atoms with E-state index in [1.54, 1.807) is 5.57 Å². The van der Waals surface area contributed by atoms with E-state index < -0.39 is 0 Å². The van der Waals surface area contributed by atoms with Gasteiger partial charge < -0.3 is 5.32 Å². The van der Waals surface area contributed by atoms with E-state index in [0.29, 0.717) is 0 Å². The molecular weight excluding hydrogens is 677 g/mol. The highest BCUT2D eigenvalue weighted by atomic mass is 14.9. The standard InChI is InChI=1S/C54H44N2/c1-36(55-51-21-11-12-22-52(51)56-46-17-3-2-4-18-46)37-23-25-40(26-24-37)43-31-32-49-50(35-43)54(45-30-28-39-14-6-8-16-42(39)34-45)48-20-10-9-19-47(48)53(49)44-29-27-38-13-5-7-15-41(38)33-44/h2-9,11-17,19,21-35,46,50,54,56H,10,18,20H2,1H3/b55-36+. The van der Waals surface area contributed by atoms with Gasteiger partial charge in [0.05, 0.1) is 11.4 Å². The fraction of sp³-hybridized carbons (Fsp3) is 0.130. The molecule has 56 heavy (non-hydrogen) atoms. The molecule has 3 atom stereocenters. The molecule has 6 aromatic rings. The Labute approximate surface area is 330 Å². The lowest BCUT2D eigenvalue weighted by atomic mass is 9.63. The van der Waals surface area contributed by atoms with Crippen LogP contribution in [-0.2, 0) is 0 Å². The molecule has 10 rings (SSSR count). The SMILES string of the molecule is C/C(=N\c1ccccc1NC1C=CC=CC1)c1ccc(C2=CC3C(=C(c4ccc5ccccc5c4)C4=C(CCC=C4)C3c3ccc4ccccc4c3)C=C2)cc1. The highest BCUT2D eigenvalue weighted by Crippen LogP contribution is 2.54. The van der Waals surface area contributed by atoms with Crippen molar-refractivity contribution in [1.82, 2.24) is 0 Å². The van der Waals surface area contributed by atoms with Gasteiger partial charge >= 0.3 is 0 Å². The summed E-state index contributed by atoms with van der Waals surface area (Å²) in [6.07, 6.45) is 23.9. The highest BCUT2D eigenvalue weighted by molar-refractivity contribution is 6.01. The van der Waals surface area contributed by atoms with Crippen LogP contribution in [0, 0.1) is 5.92 Å². The van der Waals surface area contributed by atoms with Gasteiger partial charge in [0.25, 0.3) is 0 Å². The Bertz CT molecular complexity index is 2760. The molecule has 0 aliphatic heterocycles. The van der Waals surface area contributed by atoms with Gasteiger partial charge in [-0.2, -0.15) is 0 Å². The largest absolute Gasteiger partial charge is 0.377 e. The summed E-state index contributed by atoms with van der Waals surface area (Å²) in [5, 5.41) is 8.81. The van der Waals surface area contributed by atoms with Crippen LogP contribution in [0.25, 0.3) is 32.7 Å². The van der Waals surface area contributed by atoms with E-state index in [1.807, 2.05) is 0 Å².